The molecule has 2 aromatic carbocycles. The highest BCUT2D eigenvalue weighted by Gasteiger charge is 2.22. The number of piperazine rings is 1. The molecule has 1 aliphatic heterocycles. The molecule has 3 rings (SSSR count). The summed E-state index contributed by atoms with van der Waals surface area (Å²) < 4.78 is 11.0. The normalized spacial score (nSPS) is 14.4. The Hall–Kier alpha value is -2.93. The molecular formula is C22H30N3O4+. The molecule has 7 heteroatoms. The van der Waals surface area contributed by atoms with Crippen LogP contribution in [0.1, 0.15) is 6.92 Å². The van der Waals surface area contributed by atoms with Crippen molar-refractivity contribution in [2.75, 3.05) is 57.4 Å². The first-order valence-electron chi connectivity index (χ1n) is 10.1. The number of ether oxygens (including phenoxy) is 2. The highest BCUT2D eigenvalue weighted by molar-refractivity contribution is 5.76. The molecule has 1 fully saturated rings. The van der Waals surface area contributed by atoms with Gasteiger partial charge in [-0.3, -0.25) is 4.79 Å². The van der Waals surface area contributed by atoms with Gasteiger partial charge in [0.1, 0.15) is 23.9 Å². The number of carbonyl (C=O) groups excluding carboxylic acids is 1. The molecule has 0 atom stereocenters. The Balaban J connectivity index is 1.30. The molecule has 1 heterocycles. The summed E-state index contributed by atoms with van der Waals surface area (Å²) in [5.74, 6) is 1.91. The Labute approximate surface area is 171 Å². The lowest BCUT2D eigenvalue weighted by Crippen LogP contribution is -3.16. The highest BCUT2D eigenvalue weighted by Crippen LogP contribution is 2.18. The Morgan fingerprint density at radius 1 is 1.03 bits per heavy atom. The van der Waals surface area contributed by atoms with Crippen molar-refractivity contribution in [1.29, 1.82) is 0 Å². The lowest BCUT2D eigenvalue weighted by molar-refractivity contribution is -0.892. The Kier molecular flexibility index (Phi) is 7.58. The van der Waals surface area contributed by atoms with Gasteiger partial charge < -0.3 is 29.7 Å². The van der Waals surface area contributed by atoms with Gasteiger partial charge in [-0.1, -0.05) is 0 Å². The zero-order valence-corrected chi connectivity index (χ0v) is 16.9. The predicted molar refractivity (Wildman–Crippen MR) is 112 cm³/mol. The number of nitrogens with one attached hydrogen (secondary N) is 2. The van der Waals surface area contributed by atoms with E-state index in [-0.39, 0.29) is 11.7 Å². The van der Waals surface area contributed by atoms with Crippen LogP contribution >= 0.6 is 0 Å². The number of phenolic OH excluding ortho intramolecular Hbond substituents is 1. The van der Waals surface area contributed by atoms with E-state index in [0.29, 0.717) is 26.3 Å². The monoisotopic (exact) mass is 400 g/mol. The number of nitrogens with zero attached hydrogens (tertiary/aromatic N) is 1. The Morgan fingerprint density at radius 2 is 1.66 bits per heavy atom. The molecule has 7 nitrogen and oxygen atoms in total. The number of quaternary nitrogens is 1. The fourth-order valence-electron chi connectivity index (χ4n) is 3.37. The lowest BCUT2D eigenvalue weighted by atomic mass is 10.2. The third kappa shape index (κ3) is 6.57. The van der Waals surface area contributed by atoms with Crippen LogP contribution in [0.2, 0.25) is 0 Å². The highest BCUT2D eigenvalue weighted by atomic mass is 16.5. The van der Waals surface area contributed by atoms with Gasteiger partial charge in [0.05, 0.1) is 39.3 Å². The van der Waals surface area contributed by atoms with Crippen molar-refractivity contribution < 1.29 is 24.3 Å². The summed E-state index contributed by atoms with van der Waals surface area (Å²) >= 11 is 0. The fraction of sp³-hybridized carbons (Fsp3) is 0.409. The average Bonchev–Trinajstić information content (AvgIpc) is 2.74. The van der Waals surface area contributed by atoms with E-state index in [4.69, 9.17) is 9.47 Å². The molecule has 0 spiro atoms. The molecule has 1 saturated heterocycles. The molecule has 156 valence electrons. The summed E-state index contributed by atoms with van der Waals surface area (Å²) in [6, 6.07) is 14.7. The zero-order chi connectivity index (χ0) is 20.5. The molecule has 0 unspecified atom stereocenters. The van der Waals surface area contributed by atoms with Crippen molar-refractivity contribution in [3.63, 3.8) is 0 Å². The minimum absolute atomic E-state index is 0.0494. The van der Waals surface area contributed by atoms with E-state index in [9.17, 15) is 9.90 Å². The van der Waals surface area contributed by atoms with Crippen LogP contribution in [0.4, 0.5) is 5.69 Å². The molecule has 0 bridgehead atoms. The maximum absolute atomic E-state index is 12.2. The minimum Gasteiger partial charge on any atom is -0.508 e. The van der Waals surface area contributed by atoms with E-state index in [1.54, 1.807) is 12.1 Å². The van der Waals surface area contributed by atoms with E-state index in [0.717, 1.165) is 43.4 Å². The maximum atomic E-state index is 12.2. The number of anilines is 1. The second-order valence-electron chi connectivity index (χ2n) is 7.03. The second kappa shape index (κ2) is 10.6. The van der Waals surface area contributed by atoms with Gasteiger partial charge >= 0.3 is 0 Å². The molecule has 1 amide bonds. The van der Waals surface area contributed by atoms with Crippen LogP contribution in [0.25, 0.3) is 0 Å². The van der Waals surface area contributed by atoms with Gasteiger partial charge in [-0.25, -0.2) is 0 Å². The van der Waals surface area contributed by atoms with Crippen LogP contribution in [-0.2, 0) is 4.79 Å². The van der Waals surface area contributed by atoms with Crippen LogP contribution in [-0.4, -0.2) is 63.5 Å². The average molecular weight is 400 g/mol. The minimum atomic E-state index is 0.0494. The summed E-state index contributed by atoms with van der Waals surface area (Å²) in [6.45, 7) is 7.61. The SMILES string of the molecule is CCOc1ccc(OCCNC(=O)C[NH+]2CCN(c3ccc(O)cc3)CC2)cc1. The standard InChI is InChI=1S/C22H29N3O4/c1-2-28-20-7-9-21(10-8-20)29-16-11-23-22(27)17-24-12-14-25(15-13-24)18-3-5-19(26)6-4-18/h3-10,26H,2,11-17H2,1H3,(H,23,27)/p+1. The topological polar surface area (TPSA) is 75.5 Å². The third-order valence-electron chi connectivity index (χ3n) is 4.92. The predicted octanol–water partition coefficient (Wildman–Crippen LogP) is 0.691. The van der Waals surface area contributed by atoms with Crippen LogP contribution in [0, 0.1) is 0 Å². The number of carbonyl (C=O) groups is 1. The number of hydrogen-bond donors (Lipinski definition) is 3. The summed E-state index contributed by atoms with van der Waals surface area (Å²) in [5.41, 5.74) is 1.11. The first-order valence-corrected chi connectivity index (χ1v) is 10.1. The molecule has 0 aliphatic carbocycles. The van der Waals surface area contributed by atoms with Crippen LogP contribution in [0.15, 0.2) is 48.5 Å². The second-order valence-corrected chi connectivity index (χ2v) is 7.03. The van der Waals surface area contributed by atoms with Gasteiger partial charge in [-0.2, -0.15) is 0 Å². The van der Waals surface area contributed by atoms with Crippen LogP contribution in [0.5, 0.6) is 17.2 Å². The van der Waals surface area contributed by atoms with Crippen LogP contribution in [0.3, 0.4) is 0 Å². The summed E-state index contributed by atoms with van der Waals surface area (Å²) in [6.07, 6.45) is 0. The van der Waals surface area contributed by atoms with Crippen molar-refractivity contribution in [3.8, 4) is 17.2 Å². The van der Waals surface area contributed by atoms with E-state index in [2.05, 4.69) is 10.2 Å². The number of rotatable bonds is 9. The molecular weight excluding hydrogens is 370 g/mol. The molecule has 0 aromatic heterocycles. The largest absolute Gasteiger partial charge is 0.508 e. The quantitative estimate of drug-likeness (QED) is 0.540. The van der Waals surface area contributed by atoms with Gasteiger partial charge in [0, 0.05) is 5.69 Å². The van der Waals surface area contributed by atoms with E-state index < -0.39 is 0 Å². The summed E-state index contributed by atoms with van der Waals surface area (Å²) in [4.78, 5) is 15.7. The molecule has 1 aliphatic rings. The van der Waals surface area contributed by atoms with Crippen molar-refractivity contribution >= 4 is 11.6 Å². The van der Waals surface area contributed by atoms with E-state index in [1.165, 1.54) is 4.90 Å². The summed E-state index contributed by atoms with van der Waals surface area (Å²) in [5, 5.41) is 12.3. The smallest absolute Gasteiger partial charge is 0.275 e. The zero-order valence-electron chi connectivity index (χ0n) is 16.9. The van der Waals surface area contributed by atoms with Gasteiger partial charge in [0.15, 0.2) is 6.54 Å². The first-order chi connectivity index (χ1) is 14.1. The lowest BCUT2D eigenvalue weighted by Gasteiger charge is -2.33. The number of phenols is 1. The number of hydrogen-bond acceptors (Lipinski definition) is 5. The Morgan fingerprint density at radius 3 is 2.28 bits per heavy atom. The molecule has 29 heavy (non-hydrogen) atoms. The van der Waals surface area contributed by atoms with Gasteiger partial charge in [-0.05, 0) is 55.5 Å². The molecule has 0 saturated carbocycles. The maximum Gasteiger partial charge on any atom is 0.275 e. The van der Waals surface area contributed by atoms with Crippen molar-refractivity contribution in [3.05, 3.63) is 48.5 Å². The van der Waals surface area contributed by atoms with Crippen molar-refractivity contribution in [2.45, 2.75) is 6.92 Å². The summed E-state index contributed by atoms with van der Waals surface area (Å²) in [7, 11) is 0. The number of aromatic hydroxyl groups is 1. The van der Waals surface area contributed by atoms with E-state index in [1.807, 2.05) is 43.3 Å². The molecule has 3 N–H and O–H groups in total. The fourth-order valence-corrected chi connectivity index (χ4v) is 3.37. The Bertz CT molecular complexity index is 757. The number of benzene rings is 2. The molecule has 0 radical (unpaired) electrons. The van der Waals surface area contributed by atoms with Gasteiger partial charge in [0.2, 0.25) is 0 Å². The van der Waals surface area contributed by atoms with Gasteiger partial charge in [-0.15, -0.1) is 0 Å². The molecule has 2 aromatic rings. The third-order valence-corrected chi connectivity index (χ3v) is 4.92. The van der Waals surface area contributed by atoms with Crippen molar-refractivity contribution in [1.82, 2.24) is 5.32 Å². The number of amides is 1. The van der Waals surface area contributed by atoms with Crippen LogP contribution < -0.4 is 24.6 Å². The van der Waals surface area contributed by atoms with E-state index >= 15 is 0 Å². The van der Waals surface area contributed by atoms with Gasteiger partial charge in [0.25, 0.3) is 5.91 Å². The van der Waals surface area contributed by atoms with Crippen molar-refractivity contribution in [2.24, 2.45) is 0 Å². The first kappa shape index (κ1) is 20.8.